The van der Waals surface area contributed by atoms with Crippen LogP contribution in [0.1, 0.15) is 51.8 Å². The molecule has 0 bridgehead atoms. The molecule has 1 atom stereocenters. The highest BCUT2D eigenvalue weighted by Crippen LogP contribution is 2.37. The molecule has 0 spiro atoms. The van der Waals surface area contributed by atoms with Crippen LogP contribution in [0.4, 0.5) is 0 Å². The van der Waals surface area contributed by atoms with Gasteiger partial charge in [-0.05, 0) is 91.4 Å². The maximum absolute atomic E-state index is 9.81. The molecule has 1 aliphatic heterocycles. The van der Waals surface area contributed by atoms with Gasteiger partial charge in [0.25, 0.3) is 0 Å². The van der Waals surface area contributed by atoms with Crippen LogP contribution in [0.5, 0.6) is 17.2 Å². The van der Waals surface area contributed by atoms with Crippen LogP contribution >= 0.6 is 11.6 Å². The van der Waals surface area contributed by atoms with Crippen LogP contribution < -0.4 is 14.2 Å². The fourth-order valence-electron chi connectivity index (χ4n) is 6.72. The van der Waals surface area contributed by atoms with Crippen LogP contribution in [0.3, 0.4) is 0 Å². The van der Waals surface area contributed by atoms with E-state index in [-0.39, 0.29) is 12.7 Å². The van der Waals surface area contributed by atoms with E-state index in [2.05, 4.69) is 63.9 Å². The highest BCUT2D eigenvalue weighted by Gasteiger charge is 2.20. The third-order valence-corrected chi connectivity index (χ3v) is 9.87. The minimum Gasteiger partial charge on any atom is -0.493 e. The molecule has 3 aromatic carbocycles. The molecule has 0 aliphatic carbocycles. The average Bonchev–Trinajstić information content (AvgIpc) is 3.58. The van der Waals surface area contributed by atoms with E-state index >= 15 is 0 Å². The number of aliphatic hydroxyl groups excluding tert-OH is 1. The van der Waals surface area contributed by atoms with E-state index in [1.54, 1.807) is 18.5 Å². The number of nitriles is 1. The Morgan fingerprint density at radius 1 is 0.849 bits per heavy atom. The first kappa shape index (κ1) is 37.8. The van der Waals surface area contributed by atoms with Gasteiger partial charge < -0.3 is 24.2 Å². The smallest absolute Gasteiger partial charge is 0.142 e. The van der Waals surface area contributed by atoms with Gasteiger partial charge in [0, 0.05) is 74.7 Å². The van der Waals surface area contributed by atoms with Crippen molar-refractivity contribution in [1.82, 2.24) is 19.8 Å². The Balaban J connectivity index is 1.17. The van der Waals surface area contributed by atoms with Gasteiger partial charge in [0.05, 0.1) is 23.3 Å². The Bertz CT molecular complexity index is 2040. The largest absolute Gasteiger partial charge is 0.493 e. The molecule has 1 fully saturated rings. The molecule has 5 aromatic rings. The van der Waals surface area contributed by atoms with Crippen molar-refractivity contribution < 1.29 is 19.3 Å². The molecule has 1 saturated heterocycles. The topological polar surface area (TPSA) is 104 Å². The molecule has 2 aromatic heterocycles. The van der Waals surface area contributed by atoms with Crippen LogP contribution in [-0.4, -0.2) is 64.3 Å². The highest BCUT2D eigenvalue weighted by atomic mass is 35.5. The van der Waals surface area contributed by atoms with Crippen molar-refractivity contribution in [3.05, 3.63) is 135 Å². The van der Waals surface area contributed by atoms with E-state index in [0.29, 0.717) is 48.4 Å². The summed E-state index contributed by atoms with van der Waals surface area (Å²) in [4.78, 5) is 12.9. The standard InChI is InChI=1S/C43H46ClN5O4/c1-30-35(9-4-10-38(30)39-11-5-12-41(31(39)2)51-17-7-15-49-16-13-37(50)27-49)29-53-43-20-42(52-28-34-18-33(21-45)23-47-24-34)36(19-40(43)44)26-48(3)25-32-8-6-14-46-22-32/h4-6,8-12,14,18-20,22-24,37,50H,7,13,15-17,25-29H2,1-3H3. The van der Waals surface area contributed by atoms with Crippen LogP contribution in [0.15, 0.2) is 91.5 Å². The second-order valence-electron chi connectivity index (χ2n) is 13.7. The van der Waals surface area contributed by atoms with Crippen LogP contribution in [-0.2, 0) is 26.3 Å². The Morgan fingerprint density at radius 2 is 1.64 bits per heavy atom. The number of β-amino-alcohol motifs (C(OH)–C–C–N with tert-alkyl or cyclic N) is 1. The number of benzene rings is 3. The van der Waals surface area contributed by atoms with Crippen molar-refractivity contribution in [3.8, 4) is 34.4 Å². The first-order chi connectivity index (χ1) is 25.8. The normalized spacial score (nSPS) is 14.3. The number of likely N-dealkylation sites (tertiary alicyclic amines) is 1. The first-order valence-electron chi connectivity index (χ1n) is 18.0. The van der Waals surface area contributed by atoms with E-state index < -0.39 is 0 Å². The zero-order valence-electron chi connectivity index (χ0n) is 30.6. The second-order valence-corrected chi connectivity index (χ2v) is 14.1. The summed E-state index contributed by atoms with van der Waals surface area (Å²) in [7, 11) is 2.04. The lowest BCUT2D eigenvalue weighted by atomic mass is 9.93. The van der Waals surface area contributed by atoms with Gasteiger partial charge in [-0.15, -0.1) is 0 Å². The number of hydrogen-bond acceptors (Lipinski definition) is 9. The van der Waals surface area contributed by atoms with Crippen LogP contribution in [0.2, 0.25) is 5.02 Å². The summed E-state index contributed by atoms with van der Waals surface area (Å²) in [6.45, 7) is 9.29. The molecule has 1 aliphatic rings. The summed E-state index contributed by atoms with van der Waals surface area (Å²) in [5, 5.41) is 19.6. The van der Waals surface area contributed by atoms with Crippen LogP contribution in [0.25, 0.3) is 11.1 Å². The molecule has 0 saturated carbocycles. The Morgan fingerprint density at radius 3 is 2.42 bits per heavy atom. The van der Waals surface area contributed by atoms with Crippen molar-refractivity contribution in [2.45, 2.75) is 59.1 Å². The lowest BCUT2D eigenvalue weighted by Gasteiger charge is -2.21. The number of pyridine rings is 2. The van der Waals surface area contributed by atoms with Gasteiger partial charge in [0.2, 0.25) is 0 Å². The monoisotopic (exact) mass is 731 g/mol. The molecule has 1 N–H and O–H groups in total. The summed E-state index contributed by atoms with van der Waals surface area (Å²) in [5.41, 5.74) is 8.76. The van der Waals surface area contributed by atoms with Crippen molar-refractivity contribution >= 4 is 11.6 Å². The minimum absolute atomic E-state index is 0.201. The van der Waals surface area contributed by atoms with E-state index in [9.17, 15) is 10.4 Å². The summed E-state index contributed by atoms with van der Waals surface area (Å²) in [5.74, 6) is 2.04. The van der Waals surface area contributed by atoms with Gasteiger partial charge in [-0.3, -0.25) is 14.9 Å². The molecule has 0 amide bonds. The summed E-state index contributed by atoms with van der Waals surface area (Å²) in [6, 6.07) is 24.1. The number of halogens is 1. The van der Waals surface area contributed by atoms with Gasteiger partial charge >= 0.3 is 0 Å². The van der Waals surface area contributed by atoms with E-state index in [1.807, 2.05) is 49.6 Å². The number of nitrogens with zero attached hydrogens (tertiary/aromatic N) is 5. The molecule has 9 nitrogen and oxygen atoms in total. The van der Waals surface area contributed by atoms with Crippen LogP contribution in [0, 0.1) is 25.2 Å². The average molecular weight is 732 g/mol. The molecular weight excluding hydrogens is 686 g/mol. The number of hydrogen-bond donors (Lipinski definition) is 1. The molecular formula is C43H46ClN5O4. The second kappa shape index (κ2) is 18.2. The van der Waals surface area contributed by atoms with Crippen molar-refractivity contribution in [3.63, 3.8) is 0 Å². The number of aromatic nitrogens is 2. The van der Waals surface area contributed by atoms with Crippen molar-refractivity contribution in [2.24, 2.45) is 0 Å². The number of ether oxygens (including phenoxy) is 3. The van der Waals surface area contributed by atoms with Gasteiger partial charge in [0.1, 0.15) is 36.5 Å². The highest BCUT2D eigenvalue weighted by molar-refractivity contribution is 6.32. The Kier molecular flexibility index (Phi) is 13.0. The molecule has 3 heterocycles. The molecule has 53 heavy (non-hydrogen) atoms. The molecule has 6 rings (SSSR count). The molecule has 1 unspecified atom stereocenters. The first-order valence-corrected chi connectivity index (χ1v) is 18.4. The van der Waals surface area contributed by atoms with E-state index in [0.717, 1.165) is 82.7 Å². The minimum atomic E-state index is -0.201. The third-order valence-electron chi connectivity index (χ3n) is 9.58. The molecule has 274 valence electrons. The fraction of sp³-hybridized carbons (Fsp3) is 0.326. The number of rotatable bonds is 16. The molecule has 0 radical (unpaired) electrons. The Labute approximate surface area is 317 Å². The van der Waals surface area contributed by atoms with Crippen molar-refractivity contribution in [2.75, 3.05) is 33.3 Å². The maximum atomic E-state index is 9.81. The number of aliphatic hydroxyl groups is 1. The zero-order chi connectivity index (χ0) is 37.2. The third kappa shape index (κ3) is 10.1. The van der Waals surface area contributed by atoms with Gasteiger partial charge in [-0.1, -0.05) is 48.0 Å². The zero-order valence-corrected chi connectivity index (χ0v) is 31.4. The van der Waals surface area contributed by atoms with Crippen molar-refractivity contribution in [1.29, 1.82) is 5.26 Å². The molecule has 10 heteroatoms. The summed E-state index contributed by atoms with van der Waals surface area (Å²) < 4.78 is 19.0. The lowest BCUT2D eigenvalue weighted by molar-refractivity contribution is 0.173. The van der Waals surface area contributed by atoms with Gasteiger partial charge in [-0.25, -0.2) is 0 Å². The van der Waals surface area contributed by atoms with Gasteiger partial charge in [-0.2, -0.15) is 5.26 Å². The van der Waals surface area contributed by atoms with Gasteiger partial charge in [0.15, 0.2) is 0 Å². The predicted molar refractivity (Wildman–Crippen MR) is 207 cm³/mol. The Hall–Kier alpha value is -4.98. The SMILES string of the molecule is Cc1c(COc2cc(OCc3cncc(C#N)c3)c(CN(C)Cc3cccnc3)cc2Cl)cccc1-c1cccc(OCCCN2CCC(O)C2)c1C. The lowest BCUT2D eigenvalue weighted by Crippen LogP contribution is -2.24. The summed E-state index contributed by atoms with van der Waals surface area (Å²) in [6.07, 6.45) is 8.42. The van der Waals surface area contributed by atoms with E-state index in [4.69, 9.17) is 25.8 Å². The maximum Gasteiger partial charge on any atom is 0.142 e. The van der Waals surface area contributed by atoms with E-state index in [1.165, 1.54) is 6.20 Å². The predicted octanol–water partition coefficient (Wildman–Crippen LogP) is 7.91. The quantitative estimate of drug-likeness (QED) is 0.101. The summed E-state index contributed by atoms with van der Waals surface area (Å²) >= 11 is 6.89. The fourth-order valence-corrected chi connectivity index (χ4v) is 6.96.